The first-order valence-corrected chi connectivity index (χ1v) is 6.00. The summed E-state index contributed by atoms with van der Waals surface area (Å²) in [6.07, 6.45) is 2.47. The van der Waals surface area contributed by atoms with Gasteiger partial charge >= 0.3 is 0 Å². The van der Waals surface area contributed by atoms with Gasteiger partial charge in [-0.1, -0.05) is 12.1 Å². The van der Waals surface area contributed by atoms with Crippen LogP contribution in [-0.4, -0.2) is 22.6 Å². The summed E-state index contributed by atoms with van der Waals surface area (Å²) in [6, 6.07) is 7.80. The monoisotopic (exact) mass is 229 g/mol. The van der Waals surface area contributed by atoms with Gasteiger partial charge < -0.3 is 9.88 Å². The number of para-hydroxylation sites is 2. The van der Waals surface area contributed by atoms with Crippen molar-refractivity contribution < 1.29 is 0 Å². The molecule has 1 N–H and O–H groups in total. The lowest BCUT2D eigenvalue weighted by Gasteiger charge is -2.27. The van der Waals surface area contributed by atoms with E-state index in [4.69, 9.17) is 0 Å². The SMILES string of the molecule is O=c1cnc2ccccc2n1CCC1CNC1. The minimum atomic E-state index is -0.00372. The molecule has 1 aliphatic heterocycles. The minimum absolute atomic E-state index is 0.00372. The fourth-order valence-corrected chi connectivity index (χ4v) is 2.21. The van der Waals surface area contributed by atoms with Gasteiger partial charge in [-0.15, -0.1) is 0 Å². The van der Waals surface area contributed by atoms with Crippen molar-refractivity contribution in [2.45, 2.75) is 13.0 Å². The molecule has 2 aromatic rings. The van der Waals surface area contributed by atoms with Gasteiger partial charge in [-0.2, -0.15) is 0 Å². The molecular weight excluding hydrogens is 214 g/mol. The normalized spacial score (nSPS) is 16.0. The van der Waals surface area contributed by atoms with Gasteiger partial charge in [0, 0.05) is 6.54 Å². The molecule has 1 fully saturated rings. The van der Waals surface area contributed by atoms with E-state index in [0.29, 0.717) is 5.92 Å². The Morgan fingerprint density at radius 3 is 2.94 bits per heavy atom. The molecule has 88 valence electrons. The zero-order valence-electron chi connectivity index (χ0n) is 9.60. The van der Waals surface area contributed by atoms with Crippen LogP contribution in [0.2, 0.25) is 0 Å². The highest BCUT2D eigenvalue weighted by Crippen LogP contribution is 2.12. The maximum atomic E-state index is 11.8. The Balaban J connectivity index is 1.95. The van der Waals surface area contributed by atoms with Crippen LogP contribution >= 0.6 is 0 Å². The smallest absolute Gasteiger partial charge is 0.269 e. The molecule has 4 nitrogen and oxygen atoms in total. The van der Waals surface area contributed by atoms with Gasteiger partial charge in [0.1, 0.15) is 0 Å². The van der Waals surface area contributed by atoms with Crippen molar-refractivity contribution in [3.8, 4) is 0 Å². The molecule has 0 spiro atoms. The molecule has 3 rings (SSSR count). The molecule has 0 amide bonds. The third-order valence-corrected chi connectivity index (χ3v) is 3.38. The highest BCUT2D eigenvalue weighted by molar-refractivity contribution is 5.74. The zero-order chi connectivity index (χ0) is 11.7. The van der Waals surface area contributed by atoms with Gasteiger partial charge in [0.25, 0.3) is 5.56 Å². The fourth-order valence-electron chi connectivity index (χ4n) is 2.21. The number of hydrogen-bond donors (Lipinski definition) is 1. The van der Waals surface area contributed by atoms with Gasteiger partial charge in [0.05, 0.1) is 17.2 Å². The Labute approximate surface area is 99.3 Å². The van der Waals surface area contributed by atoms with Crippen molar-refractivity contribution in [2.75, 3.05) is 13.1 Å². The molecule has 1 aromatic heterocycles. The van der Waals surface area contributed by atoms with Crippen molar-refractivity contribution >= 4 is 11.0 Å². The van der Waals surface area contributed by atoms with E-state index in [1.54, 1.807) is 0 Å². The Kier molecular flexibility index (Phi) is 2.65. The van der Waals surface area contributed by atoms with E-state index in [1.165, 1.54) is 6.20 Å². The average molecular weight is 229 g/mol. The van der Waals surface area contributed by atoms with Crippen LogP contribution in [0.15, 0.2) is 35.3 Å². The second kappa shape index (κ2) is 4.30. The number of fused-ring (bicyclic) bond motifs is 1. The Bertz CT molecular complexity index is 586. The van der Waals surface area contributed by atoms with Gasteiger partial charge in [-0.05, 0) is 37.6 Å². The largest absolute Gasteiger partial charge is 0.316 e. The quantitative estimate of drug-likeness (QED) is 0.854. The highest BCUT2D eigenvalue weighted by atomic mass is 16.1. The van der Waals surface area contributed by atoms with Crippen LogP contribution in [0.5, 0.6) is 0 Å². The molecule has 1 aromatic carbocycles. The summed E-state index contributed by atoms with van der Waals surface area (Å²) in [5.41, 5.74) is 1.82. The first-order valence-electron chi connectivity index (χ1n) is 6.00. The summed E-state index contributed by atoms with van der Waals surface area (Å²) in [6.45, 7) is 2.95. The summed E-state index contributed by atoms with van der Waals surface area (Å²) < 4.78 is 1.83. The summed E-state index contributed by atoms with van der Waals surface area (Å²) in [4.78, 5) is 16.0. The molecule has 1 aliphatic rings. The van der Waals surface area contributed by atoms with E-state index in [1.807, 2.05) is 28.8 Å². The van der Waals surface area contributed by atoms with Crippen LogP contribution in [0.4, 0.5) is 0 Å². The molecule has 4 heteroatoms. The Hall–Kier alpha value is -1.68. The number of nitrogens with one attached hydrogen (secondary N) is 1. The lowest BCUT2D eigenvalue weighted by molar-refractivity contribution is 0.312. The van der Waals surface area contributed by atoms with Crippen LogP contribution in [0.1, 0.15) is 6.42 Å². The summed E-state index contributed by atoms with van der Waals surface area (Å²) in [5, 5.41) is 3.25. The topological polar surface area (TPSA) is 46.9 Å². The van der Waals surface area contributed by atoms with Crippen molar-refractivity contribution in [1.29, 1.82) is 0 Å². The van der Waals surface area contributed by atoms with Crippen LogP contribution in [-0.2, 0) is 6.54 Å². The molecule has 0 radical (unpaired) electrons. The van der Waals surface area contributed by atoms with E-state index >= 15 is 0 Å². The van der Waals surface area contributed by atoms with E-state index in [9.17, 15) is 4.79 Å². The third kappa shape index (κ3) is 1.96. The van der Waals surface area contributed by atoms with Gasteiger partial charge in [-0.3, -0.25) is 4.79 Å². The number of rotatable bonds is 3. The maximum absolute atomic E-state index is 11.8. The van der Waals surface area contributed by atoms with E-state index in [0.717, 1.165) is 37.1 Å². The van der Waals surface area contributed by atoms with Crippen LogP contribution < -0.4 is 10.9 Å². The van der Waals surface area contributed by atoms with Crippen molar-refractivity contribution in [3.63, 3.8) is 0 Å². The molecule has 0 unspecified atom stereocenters. The van der Waals surface area contributed by atoms with Crippen LogP contribution in [0, 0.1) is 5.92 Å². The number of nitrogens with zero attached hydrogens (tertiary/aromatic N) is 2. The number of hydrogen-bond acceptors (Lipinski definition) is 3. The summed E-state index contributed by atoms with van der Waals surface area (Å²) in [7, 11) is 0. The molecule has 0 saturated carbocycles. The predicted molar refractivity (Wildman–Crippen MR) is 67.0 cm³/mol. The van der Waals surface area contributed by atoms with E-state index in [-0.39, 0.29) is 5.56 Å². The maximum Gasteiger partial charge on any atom is 0.269 e. The third-order valence-electron chi connectivity index (χ3n) is 3.38. The second-order valence-corrected chi connectivity index (χ2v) is 4.55. The Morgan fingerprint density at radius 1 is 1.35 bits per heavy atom. The van der Waals surface area contributed by atoms with E-state index < -0.39 is 0 Å². The predicted octanol–water partition coefficient (Wildman–Crippen LogP) is 1.01. The van der Waals surface area contributed by atoms with E-state index in [2.05, 4.69) is 10.3 Å². The molecule has 0 atom stereocenters. The minimum Gasteiger partial charge on any atom is -0.316 e. The van der Waals surface area contributed by atoms with Crippen LogP contribution in [0.25, 0.3) is 11.0 Å². The molecule has 1 saturated heterocycles. The summed E-state index contributed by atoms with van der Waals surface area (Å²) >= 11 is 0. The number of benzene rings is 1. The summed E-state index contributed by atoms with van der Waals surface area (Å²) in [5.74, 6) is 0.717. The molecule has 0 bridgehead atoms. The number of aryl methyl sites for hydroxylation is 1. The highest BCUT2D eigenvalue weighted by Gasteiger charge is 2.16. The average Bonchev–Trinajstić information content (AvgIpc) is 2.30. The lowest BCUT2D eigenvalue weighted by atomic mass is 9.99. The first-order chi connectivity index (χ1) is 8.34. The lowest BCUT2D eigenvalue weighted by Crippen LogP contribution is -2.42. The number of aromatic nitrogens is 2. The molecule has 2 heterocycles. The second-order valence-electron chi connectivity index (χ2n) is 4.55. The molecule has 17 heavy (non-hydrogen) atoms. The van der Waals surface area contributed by atoms with Crippen molar-refractivity contribution in [1.82, 2.24) is 14.9 Å². The van der Waals surface area contributed by atoms with Crippen LogP contribution in [0.3, 0.4) is 0 Å². The molecular formula is C13H15N3O. The zero-order valence-corrected chi connectivity index (χ0v) is 9.60. The molecule has 0 aliphatic carbocycles. The fraction of sp³-hybridized carbons (Fsp3) is 0.385. The Morgan fingerprint density at radius 2 is 2.18 bits per heavy atom. The standard InChI is InChI=1S/C13H15N3O/c17-13-9-15-11-3-1-2-4-12(11)16(13)6-5-10-7-14-8-10/h1-4,9-10,14H,5-8H2. The van der Waals surface area contributed by atoms with Gasteiger partial charge in [0.2, 0.25) is 0 Å². The first kappa shape index (κ1) is 10.5. The van der Waals surface area contributed by atoms with Gasteiger partial charge in [-0.25, -0.2) is 4.98 Å². The van der Waals surface area contributed by atoms with Crippen molar-refractivity contribution in [3.05, 3.63) is 40.8 Å². The van der Waals surface area contributed by atoms with Crippen molar-refractivity contribution in [2.24, 2.45) is 5.92 Å². The van der Waals surface area contributed by atoms with Gasteiger partial charge in [0.15, 0.2) is 0 Å².